The third kappa shape index (κ3) is 5.47. The van der Waals surface area contributed by atoms with Crippen molar-refractivity contribution in [3.8, 4) is 0 Å². The van der Waals surface area contributed by atoms with Gasteiger partial charge >= 0.3 is 0 Å². The number of ether oxygens (including phenoxy) is 1. The molecule has 0 saturated carbocycles. The second-order valence-electron chi connectivity index (χ2n) is 4.07. The number of aliphatic hydroxyl groups is 1. The van der Waals surface area contributed by atoms with E-state index < -0.39 is 6.10 Å². The van der Waals surface area contributed by atoms with Crippen molar-refractivity contribution >= 4 is 11.6 Å². The molecule has 0 saturated heterocycles. The monoisotopic (exact) mass is 237 g/mol. The van der Waals surface area contributed by atoms with Gasteiger partial charge in [-0.2, -0.15) is 0 Å². The molecule has 0 spiro atoms. The van der Waals surface area contributed by atoms with Crippen molar-refractivity contribution in [2.75, 3.05) is 12.4 Å². The Kier molecular flexibility index (Phi) is 5.66. The van der Waals surface area contributed by atoms with Crippen LogP contribution in [0.1, 0.15) is 25.3 Å². The molecule has 0 radical (unpaired) electrons. The molecular weight excluding hydrogens is 218 g/mol. The first-order chi connectivity index (χ1) is 8.11. The van der Waals surface area contributed by atoms with Crippen LogP contribution in [0.15, 0.2) is 24.3 Å². The number of hydrogen-bond donors (Lipinski definition) is 2. The van der Waals surface area contributed by atoms with Crippen molar-refractivity contribution in [3.05, 3.63) is 29.8 Å². The molecule has 17 heavy (non-hydrogen) atoms. The van der Waals surface area contributed by atoms with E-state index in [1.165, 1.54) is 0 Å². The highest BCUT2D eigenvalue weighted by Crippen LogP contribution is 2.12. The Bertz CT molecular complexity index is 363. The molecule has 0 fully saturated rings. The van der Waals surface area contributed by atoms with Gasteiger partial charge in [-0.15, -0.1) is 0 Å². The van der Waals surface area contributed by atoms with E-state index in [0.29, 0.717) is 19.4 Å². The predicted octanol–water partition coefficient (Wildman–Crippen LogP) is 1.93. The number of nitrogens with one attached hydrogen (secondary N) is 1. The molecule has 94 valence electrons. The molecule has 0 aliphatic heterocycles. The summed E-state index contributed by atoms with van der Waals surface area (Å²) in [5.41, 5.74) is 1.77. The highest BCUT2D eigenvalue weighted by Gasteiger charge is 2.05. The molecule has 1 atom stereocenters. The van der Waals surface area contributed by atoms with Crippen LogP contribution in [-0.2, 0) is 16.1 Å². The summed E-state index contributed by atoms with van der Waals surface area (Å²) >= 11 is 0. The van der Waals surface area contributed by atoms with Crippen molar-refractivity contribution in [3.63, 3.8) is 0 Å². The average Bonchev–Trinajstić information content (AvgIpc) is 2.27. The summed E-state index contributed by atoms with van der Waals surface area (Å²) in [6.07, 6.45) is 0.357. The number of carbonyl (C=O) groups is 1. The van der Waals surface area contributed by atoms with Gasteiger partial charge in [-0.1, -0.05) is 12.1 Å². The molecule has 0 aliphatic carbocycles. The predicted molar refractivity (Wildman–Crippen MR) is 66.7 cm³/mol. The Morgan fingerprint density at radius 2 is 2.29 bits per heavy atom. The Balaban J connectivity index is 2.50. The van der Waals surface area contributed by atoms with Gasteiger partial charge in [-0.25, -0.2) is 0 Å². The van der Waals surface area contributed by atoms with Crippen LogP contribution in [0.4, 0.5) is 5.69 Å². The first-order valence-corrected chi connectivity index (χ1v) is 5.67. The van der Waals surface area contributed by atoms with Gasteiger partial charge in [-0.05, 0) is 31.0 Å². The highest BCUT2D eigenvalue weighted by molar-refractivity contribution is 5.90. The SMILES string of the molecule is COCc1cccc(NC(=O)CCC(C)O)c1. The van der Waals surface area contributed by atoms with Gasteiger partial charge in [0.2, 0.25) is 5.91 Å². The molecular formula is C13H19NO3. The Morgan fingerprint density at radius 3 is 2.94 bits per heavy atom. The first-order valence-electron chi connectivity index (χ1n) is 5.67. The lowest BCUT2D eigenvalue weighted by Crippen LogP contribution is -2.14. The largest absolute Gasteiger partial charge is 0.393 e. The standard InChI is InChI=1S/C13H19NO3/c1-10(15)6-7-13(16)14-12-5-3-4-11(8-12)9-17-2/h3-5,8,10,15H,6-7,9H2,1-2H3,(H,14,16). The van der Waals surface area contributed by atoms with Crippen LogP contribution >= 0.6 is 0 Å². The lowest BCUT2D eigenvalue weighted by molar-refractivity contribution is -0.116. The zero-order valence-electron chi connectivity index (χ0n) is 10.3. The molecule has 0 aliphatic rings. The molecule has 4 nitrogen and oxygen atoms in total. The number of methoxy groups -OCH3 is 1. The first kappa shape index (κ1) is 13.7. The van der Waals surface area contributed by atoms with Gasteiger partial charge in [0.1, 0.15) is 0 Å². The maximum absolute atomic E-state index is 11.5. The van der Waals surface area contributed by atoms with Gasteiger partial charge in [0, 0.05) is 19.2 Å². The zero-order chi connectivity index (χ0) is 12.7. The Labute approximate surface area is 102 Å². The molecule has 1 rings (SSSR count). The van der Waals surface area contributed by atoms with E-state index in [-0.39, 0.29) is 5.91 Å². The minimum Gasteiger partial charge on any atom is -0.393 e. The normalized spacial score (nSPS) is 12.2. The molecule has 1 unspecified atom stereocenters. The number of amides is 1. The fourth-order valence-corrected chi connectivity index (χ4v) is 1.47. The summed E-state index contributed by atoms with van der Waals surface area (Å²) in [5, 5.41) is 11.9. The maximum Gasteiger partial charge on any atom is 0.224 e. The zero-order valence-corrected chi connectivity index (χ0v) is 10.3. The van der Waals surface area contributed by atoms with Crippen LogP contribution in [-0.4, -0.2) is 24.2 Å². The Morgan fingerprint density at radius 1 is 1.53 bits per heavy atom. The van der Waals surface area contributed by atoms with E-state index in [4.69, 9.17) is 9.84 Å². The van der Waals surface area contributed by atoms with Crippen molar-refractivity contribution in [1.82, 2.24) is 0 Å². The third-order valence-corrected chi connectivity index (χ3v) is 2.31. The number of rotatable bonds is 6. The lowest BCUT2D eigenvalue weighted by atomic mass is 10.2. The molecule has 0 aromatic heterocycles. The summed E-state index contributed by atoms with van der Waals surface area (Å²) in [6, 6.07) is 7.52. The van der Waals surface area contributed by atoms with E-state index in [0.717, 1.165) is 11.3 Å². The van der Waals surface area contributed by atoms with Gasteiger partial charge in [0.05, 0.1) is 12.7 Å². The van der Waals surface area contributed by atoms with Crippen molar-refractivity contribution in [1.29, 1.82) is 0 Å². The molecule has 2 N–H and O–H groups in total. The van der Waals surface area contributed by atoms with Crippen LogP contribution in [0.5, 0.6) is 0 Å². The maximum atomic E-state index is 11.5. The quantitative estimate of drug-likeness (QED) is 0.794. The van der Waals surface area contributed by atoms with Gasteiger partial charge in [-0.3, -0.25) is 4.79 Å². The topological polar surface area (TPSA) is 58.6 Å². The van der Waals surface area contributed by atoms with Crippen LogP contribution in [0.3, 0.4) is 0 Å². The van der Waals surface area contributed by atoms with Crippen molar-refractivity contribution in [2.24, 2.45) is 0 Å². The number of hydrogen-bond acceptors (Lipinski definition) is 3. The summed E-state index contributed by atoms with van der Waals surface area (Å²) < 4.78 is 5.02. The molecule has 1 amide bonds. The molecule has 0 bridgehead atoms. The van der Waals surface area contributed by atoms with E-state index in [1.807, 2.05) is 24.3 Å². The molecule has 4 heteroatoms. The van der Waals surface area contributed by atoms with Crippen LogP contribution in [0, 0.1) is 0 Å². The van der Waals surface area contributed by atoms with Crippen molar-refractivity contribution < 1.29 is 14.6 Å². The summed E-state index contributed by atoms with van der Waals surface area (Å²) in [6.45, 7) is 2.20. The molecule has 1 aromatic carbocycles. The smallest absolute Gasteiger partial charge is 0.224 e. The van der Waals surface area contributed by atoms with E-state index in [9.17, 15) is 4.79 Å². The van der Waals surface area contributed by atoms with Crippen molar-refractivity contribution in [2.45, 2.75) is 32.5 Å². The molecule has 0 heterocycles. The fraction of sp³-hybridized carbons (Fsp3) is 0.462. The van der Waals surface area contributed by atoms with Crippen LogP contribution in [0.2, 0.25) is 0 Å². The van der Waals surface area contributed by atoms with Gasteiger partial charge in [0.25, 0.3) is 0 Å². The second-order valence-corrected chi connectivity index (χ2v) is 4.07. The highest BCUT2D eigenvalue weighted by atomic mass is 16.5. The average molecular weight is 237 g/mol. The molecule has 1 aromatic rings. The van der Waals surface area contributed by atoms with E-state index in [2.05, 4.69) is 5.32 Å². The Hall–Kier alpha value is -1.39. The minimum atomic E-state index is -0.444. The number of aliphatic hydroxyl groups excluding tert-OH is 1. The van der Waals surface area contributed by atoms with Gasteiger partial charge in [0.15, 0.2) is 0 Å². The summed E-state index contributed by atoms with van der Waals surface area (Å²) in [4.78, 5) is 11.5. The van der Waals surface area contributed by atoms with Gasteiger partial charge < -0.3 is 15.2 Å². The van der Waals surface area contributed by atoms with E-state index in [1.54, 1.807) is 14.0 Å². The third-order valence-electron chi connectivity index (χ3n) is 2.31. The number of anilines is 1. The lowest BCUT2D eigenvalue weighted by Gasteiger charge is -2.08. The van der Waals surface area contributed by atoms with Crippen LogP contribution < -0.4 is 5.32 Å². The van der Waals surface area contributed by atoms with Crippen LogP contribution in [0.25, 0.3) is 0 Å². The van der Waals surface area contributed by atoms with E-state index >= 15 is 0 Å². The number of carbonyl (C=O) groups excluding carboxylic acids is 1. The second kappa shape index (κ2) is 7.04. The fourth-order valence-electron chi connectivity index (χ4n) is 1.47. The minimum absolute atomic E-state index is 0.0829. The summed E-state index contributed by atoms with van der Waals surface area (Å²) in [7, 11) is 1.63. The number of benzene rings is 1. The summed E-state index contributed by atoms with van der Waals surface area (Å²) in [5.74, 6) is -0.0829.